The molecule has 18 heavy (non-hydrogen) atoms. The third-order valence-corrected chi connectivity index (χ3v) is 1.95. The second kappa shape index (κ2) is 7.01. The zero-order valence-electron chi connectivity index (χ0n) is 9.90. The van der Waals surface area contributed by atoms with E-state index in [1.807, 2.05) is 0 Å². The highest BCUT2D eigenvalue weighted by atomic mass is 16.8. The molecule has 0 heterocycles. The molecule has 0 aromatic heterocycles. The second-order valence-corrected chi connectivity index (χ2v) is 3.62. The number of aliphatic hydroxyl groups excluding tert-OH is 2. The second-order valence-electron chi connectivity index (χ2n) is 3.62. The maximum absolute atomic E-state index is 11.1. The SMILES string of the molecule is C[C@@H](O)[C@H](N)C(=O)OC(=O)OC(=O)[C@@H](N)[C@@H](C)O. The third-order valence-electron chi connectivity index (χ3n) is 1.95. The van der Waals surface area contributed by atoms with E-state index < -0.39 is 42.4 Å². The number of esters is 2. The average molecular weight is 264 g/mol. The van der Waals surface area contributed by atoms with Crippen LogP contribution in [0.15, 0.2) is 0 Å². The number of carbonyl (C=O) groups excluding carboxylic acids is 3. The molecule has 0 fully saturated rings. The van der Waals surface area contributed by atoms with E-state index in [9.17, 15) is 14.4 Å². The fourth-order valence-electron chi connectivity index (χ4n) is 0.715. The lowest BCUT2D eigenvalue weighted by Gasteiger charge is -2.14. The first-order chi connectivity index (χ1) is 8.16. The third kappa shape index (κ3) is 5.19. The highest BCUT2D eigenvalue weighted by Crippen LogP contribution is 1.98. The monoisotopic (exact) mass is 264 g/mol. The van der Waals surface area contributed by atoms with Crippen LogP contribution >= 0.6 is 0 Å². The van der Waals surface area contributed by atoms with Crippen molar-refractivity contribution in [3.63, 3.8) is 0 Å². The van der Waals surface area contributed by atoms with Crippen LogP contribution in [0.5, 0.6) is 0 Å². The zero-order valence-corrected chi connectivity index (χ0v) is 9.90. The summed E-state index contributed by atoms with van der Waals surface area (Å²) in [5, 5.41) is 17.9. The van der Waals surface area contributed by atoms with Crippen molar-refractivity contribution < 1.29 is 34.1 Å². The molecule has 0 amide bonds. The predicted molar refractivity (Wildman–Crippen MR) is 56.9 cm³/mol. The first-order valence-electron chi connectivity index (χ1n) is 5.01. The minimum atomic E-state index is -1.63. The summed E-state index contributed by atoms with van der Waals surface area (Å²) in [7, 11) is 0. The van der Waals surface area contributed by atoms with Crippen molar-refractivity contribution in [3.05, 3.63) is 0 Å². The Morgan fingerprint density at radius 2 is 1.17 bits per heavy atom. The summed E-state index contributed by atoms with van der Waals surface area (Å²) < 4.78 is 8.06. The van der Waals surface area contributed by atoms with Gasteiger partial charge in [-0.3, -0.25) is 0 Å². The van der Waals surface area contributed by atoms with Gasteiger partial charge < -0.3 is 31.2 Å². The van der Waals surface area contributed by atoms with E-state index in [1.54, 1.807) is 0 Å². The molecule has 0 radical (unpaired) electrons. The van der Waals surface area contributed by atoms with Crippen molar-refractivity contribution in [1.29, 1.82) is 0 Å². The highest BCUT2D eigenvalue weighted by molar-refractivity contribution is 5.92. The van der Waals surface area contributed by atoms with Crippen molar-refractivity contribution in [2.24, 2.45) is 11.5 Å². The van der Waals surface area contributed by atoms with Crippen LogP contribution < -0.4 is 11.5 Å². The molecule has 9 nitrogen and oxygen atoms in total. The van der Waals surface area contributed by atoms with E-state index in [0.29, 0.717) is 0 Å². The Kier molecular flexibility index (Phi) is 6.41. The van der Waals surface area contributed by atoms with E-state index in [1.165, 1.54) is 13.8 Å². The molecular formula is C9H16N2O7. The molecule has 0 aliphatic carbocycles. The molecule has 9 heteroatoms. The van der Waals surface area contributed by atoms with Gasteiger partial charge in [-0.2, -0.15) is 0 Å². The fraction of sp³-hybridized carbons (Fsp3) is 0.667. The van der Waals surface area contributed by atoms with Gasteiger partial charge in [-0.15, -0.1) is 0 Å². The van der Waals surface area contributed by atoms with Crippen LogP contribution in [0.2, 0.25) is 0 Å². The van der Waals surface area contributed by atoms with Gasteiger partial charge in [-0.25, -0.2) is 14.4 Å². The zero-order chi connectivity index (χ0) is 14.5. The number of hydrogen-bond donors (Lipinski definition) is 4. The van der Waals surface area contributed by atoms with Crippen LogP contribution in [0.4, 0.5) is 4.79 Å². The van der Waals surface area contributed by atoms with E-state index in [2.05, 4.69) is 9.47 Å². The van der Waals surface area contributed by atoms with E-state index in [4.69, 9.17) is 21.7 Å². The first-order valence-corrected chi connectivity index (χ1v) is 5.01. The highest BCUT2D eigenvalue weighted by Gasteiger charge is 2.28. The van der Waals surface area contributed by atoms with Gasteiger partial charge in [0.05, 0.1) is 12.2 Å². The Bertz CT molecular complexity index is 299. The molecule has 0 aliphatic rings. The summed E-state index contributed by atoms with van der Waals surface area (Å²) in [6, 6.07) is -2.89. The first kappa shape index (κ1) is 16.4. The van der Waals surface area contributed by atoms with Gasteiger partial charge in [-0.05, 0) is 13.8 Å². The number of rotatable bonds is 4. The normalized spacial score (nSPS) is 17.2. The summed E-state index contributed by atoms with van der Waals surface area (Å²) in [5.41, 5.74) is 10.3. The van der Waals surface area contributed by atoms with Gasteiger partial charge in [0.2, 0.25) is 0 Å². The molecule has 0 saturated carbocycles. The molecule has 104 valence electrons. The Labute approximate surface area is 103 Å². The molecule has 0 saturated heterocycles. The summed E-state index contributed by atoms with van der Waals surface area (Å²) in [6.07, 6.45) is -4.10. The lowest BCUT2D eigenvalue weighted by molar-refractivity contribution is -0.150. The molecular weight excluding hydrogens is 248 g/mol. The van der Waals surface area contributed by atoms with E-state index in [-0.39, 0.29) is 0 Å². The van der Waals surface area contributed by atoms with Crippen LogP contribution in [-0.4, -0.2) is 52.6 Å². The summed E-state index contributed by atoms with van der Waals surface area (Å²) in [4.78, 5) is 33.1. The maximum Gasteiger partial charge on any atom is 0.524 e. The summed E-state index contributed by atoms with van der Waals surface area (Å²) >= 11 is 0. The van der Waals surface area contributed by atoms with Crippen LogP contribution in [0, 0.1) is 0 Å². The van der Waals surface area contributed by atoms with Gasteiger partial charge in [0.15, 0.2) is 0 Å². The molecule has 6 N–H and O–H groups in total. The number of carbonyl (C=O) groups is 3. The largest absolute Gasteiger partial charge is 0.524 e. The fourth-order valence-corrected chi connectivity index (χ4v) is 0.715. The Morgan fingerprint density at radius 1 is 0.889 bits per heavy atom. The van der Waals surface area contributed by atoms with Gasteiger partial charge in [0, 0.05) is 0 Å². The Hall–Kier alpha value is -1.55. The van der Waals surface area contributed by atoms with Crippen molar-refractivity contribution in [1.82, 2.24) is 0 Å². The van der Waals surface area contributed by atoms with Crippen molar-refractivity contribution in [2.75, 3.05) is 0 Å². The van der Waals surface area contributed by atoms with Gasteiger partial charge in [-0.1, -0.05) is 0 Å². The molecule has 4 atom stereocenters. The lowest BCUT2D eigenvalue weighted by atomic mass is 10.2. The van der Waals surface area contributed by atoms with Crippen molar-refractivity contribution in [2.45, 2.75) is 38.1 Å². The van der Waals surface area contributed by atoms with Crippen LogP contribution in [0.1, 0.15) is 13.8 Å². The van der Waals surface area contributed by atoms with Crippen molar-refractivity contribution in [3.8, 4) is 0 Å². The lowest BCUT2D eigenvalue weighted by Crippen LogP contribution is -2.44. The maximum atomic E-state index is 11.1. The Balaban J connectivity index is 4.28. The standard InChI is InChI=1S/C9H16N2O7/c1-3(12)5(10)7(14)17-9(16)18-8(15)6(11)4(2)13/h3-6,12-13H,10-11H2,1-2H3/t3-,4-,5+,6+/m1/s1. The van der Waals surface area contributed by atoms with Crippen molar-refractivity contribution >= 4 is 18.1 Å². The summed E-state index contributed by atoms with van der Waals surface area (Å²) in [5.74, 6) is -2.51. The number of hydrogen-bond acceptors (Lipinski definition) is 9. The minimum absolute atomic E-state index is 1.21. The van der Waals surface area contributed by atoms with E-state index in [0.717, 1.165) is 0 Å². The average Bonchev–Trinajstić information content (AvgIpc) is 2.25. The topological polar surface area (TPSA) is 162 Å². The minimum Gasteiger partial charge on any atom is -0.391 e. The summed E-state index contributed by atoms with van der Waals surface area (Å²) in [6.45, 7) is 2.43. The smallest absolute Gasteiger partial charge is 0.391 e. The van der Waals surface area contributed by atoms with Gasteiger partial charge >= 0.3 is 18.1 Å². The van der Waals surface area contributed by atoms with Gasteiger partial charge in [0.1, 0.15) is 12.1 Å². The van der Waals surface area contributed by atoms with Gasteiger partial charge in [0.25, 0.3) is 0 Å². The quantitative estimate of drug-likeness (QED) is 0.320. The number of ether oxygens (including phenoxy) is 2. The molecule has 0 bridgehead atoms. The molecule has 0 aliphatic heterocycles. The number of nitrogens with two attached hydrogens (primary N) is 2. The molecule has 0 spiro atoms. The van der Waals surface area contributed by atoms with Crippen LogP contribution in [0.25, 0.3) is 0 Å². The molecule has 0 rings (SSSR count). The predicted octanol–water partition coefficient (Wildman–Crippen LogP) is -2.39. The number of aliphatic hydroxyl groups is 2. The molecule has 0 aromatic carbocycles. The van der Waals surface area contributed by atoms with E-state index >= 15 is 0 Å². The van der Waals surface area contributed by atoms with Crippen LogP contribution in [0.3, 0.4) is 0 Å². The molecule has 0 aromatic rings. The van der Waals surface area contributed by atoms with Crippen LogP contribution in [-0.2, 0) is 19.1 Å². The molecule has 0 unspecified atom stereocenters. The Morgan fingerprint density at radius 3 is 1.39 bits per heavy atom.